The molecule has 1 aliphatic rings. The normalized spacial score (nSPS) is 21.7. The zero-order valence-electron chi connectivity index (χ0n) is 7.83. The number of halogens is 1. The van der Waals surface area contributed by atoms with Crippen molar-refractivity contribution in [1.82, 2.24) is 10.4 Å². The van der Waals surface area contributed by atoms with Crippen LogP contribution in [0.15, 0.2) is 28.7 Å². The minimum Gasteiger partial charge on any atom is -0.281 e. The van der Waals surface area contributed by atoms with E-state index in [4.69, 9.17) is 0 Å². The van der Waals surface area contributed by atoms with Crippen LogP contribution in [0.1, 0.15) is 18.0 Å². The molecule has 1 N–H and O–H groups in total. The van der Waals surface area contributed by atoms with Crippen LogP contribution in [0.5, 0.6) is 0 Å². The lowest BCUT2D eigenvalue weighted by molar-refractivity contribution is -0.128. The zero-order valence-corrected chi connectivity index (χ0v) is 9.41. The zero-order chi connectivity index (χ0) is 10.1. The molecular formula is C10H11BrN2O. The monoisotopic (exact) mass is 254 g/mol. The molecule has 1 fully saturated rings. The Labute approximate surface area is 91.2 Å². The van der Waals surface area contributed by atoms with Crippen LogP contribution in [-0.4, -0.2) is 18.0 Å². The molecule has 1 saturated heterocycles. The number of carbonyl (C=O) groups excluding carboxylic acids is 1. The average molecular weight is 255 g/mol. The van der Waals surface area contributed by atoms with Gasteiger partial charge in [-0.25, -0.2) is 5.43 Å². The van der Waals surface area contributed by atoms with Gasteiger partial charge in [0.1, 0.15) is 0 Å². The Morgan fingerprint density at radius 1 is 1.50 bits per heavy atom. The lowest BCUT2D eigenvalue weighted by atomic mass is 10.1. The van der Waals surface area contributed by atoms with E-state index in [1.165, 1.54) is 0 Å². The van der Waals surface area contributed by atoms with Crippen LogP contribution in [0, 0.1) is 0 Å². The highest BCUT2D eigenvalue weighted by Crippen LogP contribution is 2.28. The smallest absolute Gasteiger partial charge is 0.238 e. The van der Waals surface area contributed by atoms with E-state index in [1.807, 2.05) is 24.3 Å². The van der Waals surface area contributed by atoms with Crippen molar-refractivity contribution in [2.75, 3.05) is 7.05 Å². The number of carbonyl (C=O) groups is 1. The molecule has 2 rings (SSSR count). The number of hydrogen-bond donors (Lipinski definition) is 1. The number of nitrogens with one attached hydrogen (secondary N) is 1. The van der Waals surface area contributed by atoms with Gasteiger partial charge in [-0.3, -0.25) is 9.80 Å². The molecule has 4 heteroatoms. The van der Waals surface area contributed by atoms with Crippen LogP contribution < -0.4 is 5.43 Å². The molecule has 1 aliphatic heterocycles. The van der Waals surface area contributed by atoms with E-state index in [9.17, 15) is 4.79 Å². The number of benzene rings is 1. The van der Waals surface area contributed by atoms with Crippen molar-refractivity contribution < 1.29 is 4.79 Å². The lowest BCUT2D eigenvalue weighted by Gasteiger charge is -2.13. The van der Waals surface area contributed by atoms with Gasteiger partial charge in [-0.1, -0.05) is 34.1 Å². The molecule has 0 spiro atoms. The molecule has 1 unspecified atom stereocenters. The van der Waals surface area contributed by atoms with Crippen LogP contribution in [-0.2, 0) is 4.79 Å². The molecular weight excluding hydrogens is 244 g/mol. The van der Waals surface area contributed by atoms with Crippen molar-refractivity contribution in [1.29, 1.82) is 0 Å². The third-order valence-corrected chi connectivity index (χ3v) is 3.11. The summed E-state index contributed by atoms with van der Waals surface area (Å²) in [6, 6.07) is 8.05. The van der Waals surface area contributed by atoms with E-state index in [0.29, 0.717) is 6.42 Å². The largest absolute Gasteiger partial charge is 0.281 e. The molecule has 3 nitrogen and oxygen atoms in total. The fourth-order valence-electron chi connectivity index (χ4n) is 1.60. The first kappa shape index (κ1) is 9.68. The predicted molar refractivity (Wildman–Crippen MR) is 57.4 cm³/mol. The predicted octanol–water partition coefficient (Wildman–Crippen LogP) is 1.86. The van der Waals surface area contributed by atoms with Gasteiger partial charge in [0, 0.05) is 17.9 Å². The van der Waals surface area contributed by atoms with Gasteiger partial charge in [-0.15, -0.1) is 0 Å². The molecule has 1 aromatic carbocycles. The summed E-state index contributed by atoms with van der Waals surface area (Å²) in [6.45, 7) is 0. The second kappa shape index (κ2) is 3.71. The Kier molecular flexibility index (Phi) is 2.56. The van der Waals surface area contributed by atoms with Crippen molar-refractivity contribution in [3.05, 3.63) is 34.3 Å². The first-order chi connectivity index (χ1) is 6.68. The molecule has 74 valence electrons. The summed E-state index contributed by atoms with van der Waals surface area (Å²) in [5.74, 6) is 0.130. The van der Waals surface area contributed by atoms with Gasteiger partial charge in [0.2, 0.25) is 5.91 Å². The standard InChI is InChI=1S/C10H11BrN2O/c1-13-10(14)6-9(12-13)7-4-2-3-5-8(7)11/h2-5,9,12H,6H2,1H3. The van der Waals surface area contributed by atoms with Gasteiger partial charge in [0.25, 0.3) is 0 Å². The summed E-state index contributed by atoms with van der Waals surface area (Å²) in [7, 11) is 1.75. The van der Waals surface area contributed by atoms with Crippen molar-refractivity contribution in [2.24, 2.45) is 0 Å². The summed E-state index contributed by atoms with van der Waals surface area (Å²) in [5.41, 5.74) is 4.24. The number of hydrogen-bond acceptors (Lipinski definition) is 2. The maximum absolute atomic E-state index is 11.3. The third kappa shape index (κ3) is 1.67. The van der Waals surface area contributed by atoms with E-state index in [0.717, 1.165) is 10.0 Å². The van der Waals surface area contributed by atoms with E-state index in [-0.39, 0.29) is 11.9 Å². The summed E-state index contributed by atoms with van der Waals surface area (Å²) in [4.78, 5) is 11.3. The van der Waals surface area contributed by atoms with Gasteiger partial charge in [-0.05, 0) is 11.6 Å². The van der Waals surface area contributed by atoms with E-state index < -0.39 is 0 Å². The highest BCUT2D eigenvalue weighted by atomic mass is 79.9. The lowest BCUT2D eigenvalue weighted by Crippen LogP contribution is -2.30. The van der Waals surface area contributed by atoms with Crippen LogP contribution in [0.25, 0.3) is 0 Å². The summed E-state index contributed by atoms with van der Waals surface area (Å²) >= 11 is 3.48. The quantitative estimate of drug-likeness (QED) is 0.830. The van der Waals surface area contributed by atoms with Crippen molar-refractivity contribution in [2.45, 2.75) is 12.5 Å². The molecule has 1 atom stereocenters. The Hall–Kier alpha value is -0.870. The van der Waals surface area contributed by atoms with Gasteiger partial charge in [0.05, 0.1) is 6.04 Å². The summed E-state index contributed by atoms with van der Waals surface area (Å²) in [6.07, 6.45) is 0.527. The van der Waals surface area contributed by atoms with Gasteiger partial charge >= 0.3 is 0 Å². The molecule has 0 aromatic heterocycles. The van der Waals surface area contributed by atoms with Crippen molar-refractivity contribution >= 4 is 21.8 Å². The third-order valence-electron chi connectivity index (χ3n) is 2.38. The van der Waals surface area contributed by atoms with E-state index in [2.05, 4.69) is 21.4 Å². The van der Waals surface area contributed by atoms with Gasteiger partial charge < -0.3 is 0 Å². The maximum atomic E-state index is 11.3. The highest BCUT2D eigenvalue weighted by molar-refractivity contribution is 9.10. The highest BCUT2D eigenvalue weighted by Gasteiger charge is 2.28. The number of nitrogens with zero attached hydrogens (tertiary/aromatic N) is 1. The van der Waals surface area contributed by atoms with Crippen LogP contribution in [0.4, 0.5) is 0 Å². The van der Waals surface area contributed by atoms with Crippen molar-refractivity contribution in [3.8, 4) is 0 Å². The fourth-order valence-corrected chi connectivity index (χ4v) is 2.16. The molecule has 0 aliphatic carbocycles. The van der Waals surface area contributed by atoms with Crippen LogP contribution >= 0.6 is 15.9 Å². The first-order valence-electron chi connectivity index (χ1n) is 4.45. The Balaban J connectivity index is 2.25. The number of rotatable bonds is 1. The van der Waals surface area contributed by atoms with E-state index in [1.54, 1.807) is 12.1 Å². The minimum absolute atomic E-state index is 0.100. The van der Waals surface area contributed by atoms with Gasteiger partial charge in [0.15, 0.2) is 0 Å². The van der Waals surface area contributed by atoms with Crippen molar-refractivity contribution in [3.63, 3.8) is 0 Å². The maximum Gasteiger partial charge on any atom is 0.238 e. The second-order valence-corrected chi connectivity index (χ2v) is 4.21. The Morgan fingerprint density at radius 3 is 2.79 bits per heavy atom. The fraction of sp³-hybridized carbons (Fsp3) is 0.300. The van der Waals surface area contributed by atoms with Crippen LogP contribution in [0.2, 0.25) is 0 Å². The molecule has 1 amide bonds. The molecule has 0 radical (unpaired) electrons. The molecule has 1 heterocycles. The minimum atomic E-state index is 0.100. The number of hydrazine groups is 1. The van der Waals surface area contributed by atoms with Gasteiger partial charge in [-0.2, -0.15) is 0 Å². The Morgan fingerprint density at radius 2 is 2.21 bits per heavy atom. The van der Waals surface area contributed by atoms with Crippen LogP contribution in [0.3, 0.4) is 0 Å². The molecule has 14 heavy (non-hydrogen) atoms. The SMILES string of the molecule is CN1NC(c2ccccc2Br)CC1=O. The topological polar surface area (TPSA) is 32.3 Å². The first-order valence-corrected chi connectivity index (χ1v) is 5.25. The molecule has 1 aromatic rings. The van der Waals surface area contributed by atoms with E-state index >= 15 is 0 Å². The summed E-state index contributed by atoms with van der Waals surface area (Å²) < 4.78 is 1.04. The molecule has 0 bridgehead atoms. The Bertz CT molecular complexity index is 367. The average Bonchev–Trinajstić information content (AvgIpc) is 2.48. The molecule has 0 saturated carbocycles. The second-order valence-electron chi connectivity index (χ2n) is 3.36. The summed E-state index contributed by atoms with van der Waals surface area (Å²) in [5, 5.41) is 1.55. The number of amides is 1.